The van der Waals surface area contributed by atoms with Gasteiger partial charge in [-0.3, -0.25) is 0 Å². The average Bonchev–Trinajstić information content (AvgIpc) is 2.77. The van der Waals surface area contributed by atoms with Gasteiger partial charge in [0.25, 0.3) is 0 Å². The Morgan fingerprint density at radius 3 is 2.43 bits per heavy atom. The number of allylic oxidation sites excluding steroid dienone is 2. The van der Waals surface area contributed by atoms with Crippen molar-refractivity contribution in [3.8, 4) is 0 Å². The van der Waals surface area contributed by atoms with Crippen LogP contribution in [0.15, 0.2) is 41.4 Å². The van der Waals surface area contributed by atoms with Crippen molar-refractivity contribution in [2.24, 2.45) is 11.8 Å². The molecule has 14 heavy (non-hydrogen) atoms. The SMILES string of the molecule is ClC1=CC2CC1CC2c1ccccc1. The number of hydrogen-bond donors (Lipinski definition) is 0. The third kappa shape index (κ3) is 1.21. The molecule has 3 rings (SSSR count). The lowest BCUT2D eigenvalue weighted by Gasteiger charge is -2.19. The maximum absolute atomic E-state index is 6.12. The van der Waals surface area contributed by atoms with Gasteiger partial charge in [0.15, 0.2) is 0 Å². The highest BCUT2D eigenvalue weighted by Crippen LogP contribution is 2.52. The summed E-state index contributed by atoms with van der Waals surface area (Å²) in [4.78, 5) is 0. The molecule has 0 radical (unpaired) electrons. The van der Waals surface area contributed by atoms with E-state index in [0.717, 1.165) is 11.0 Å². The topological polar surface area (TPSA) is 0 Å². The van der Waals surface area contributed by atoms with E-state index in [1.165, 1.54) is 18.4 Å². The summed E-state index contributed by atoms with van der Waals surface area (Å²) in [6, 6.07) is 10.8. The Labute approximate surface area is 89.6 Å². The van der Waals surface area contributed by atoms with Gasteiger partial charge in [0.1, 0.15) is 0 Å². The van der Waals surface area contributed by atoms with Gasteiger partial charge in [-0.2, -0.15) is 0 Å². The van der Waals surface area contributed by atoms with Gasteiger partial charge in [-0.15, -0.1) is 0 Å². The molecule has 72 valence electrons. The van der Waals surface area contributed by atoms with Crippen LogP contribution >= 0.6 is 11.6 Å². The van der Waals surface area contributed by atoms with E-state index < -0.39 is 0 Å². The molecule has 0 N–H and O–H groups in total. The number of fused-ring (bicyclic) bond motifs is 2. The molecule has 3 unspecified atom stereocenters. The summed E-state index contributed by atoms with van der Waals surface area (Å²) < 4.78 is 0. The van der Waals surface area contributed by atoms with Crippen LogP contribution in [0, 0.1) is 11.8 Å². The third-order valence-corrected chi connectivity index (χ3v) is 4.04. The minimum atomic E-state index is 0.659. The maximum atomic E-state index is 6.12. The summed E-state index contributed by atoms with van der Waals surface area (Å²) in [5.74, 6) is 2.09. The Hall–Kier alpha value is -0.750. The fourth-order valence-corrected chi connectivity index (χ4v) is 3.24. The van der Waals surface area contributed by atoms with Crippen LogP contribution < -0.4 is 0 Å². The average molecular weight is 205 g/mol. The van der Waals surface area contributed by atoms with E-state index in [9.17, 15) is 0 Å². The molecule has 2 bridgehead atoms. The largest absolute Gasteiger partial charge is 0.0892 e. The first-order valence-electron chi connectivity index (χ1n) is 5.27. The van der Waals surface area contributed by atoms with Crippen molar-refractivity contribution in [1.82, 2.24) is 0 Å². The summed E-state index contributed by atoms with van der Waals surface area (Å²) in [7, 11) is 0. The monoisotopic (exact) mass is 204 g/mol. The van der Waals surface area contributed by atoms with E-state index in [2.05, 4.69) is 36.4 Å². The predicted octanol–water partition coefficient (Wildman–Crippen LogP) is 3.93. The molecule has 2 aliphatic rings. The highest BCUT2D eigenvalue weighted by Gasteiger charge is 2.40. The molecule has 0 aromatic heterocycles. The standard InChI is InChI=1S/C13H13Cl/c14-13-8-10-6-11(13)7-12(10)9-4-2-1-3-5-9/h1-5,8,10-12H,6-7H2. The van der Waals surface area contributed by atoms with Crippen LogP contribution in [0.5, 0.6) is 0 Å². The first-order chi connectivity index (χ1) is 6.84. The molecule has 0 aliphatic heterocycles. The first kappa shape index (κ1) is 8.55. The third-order valence-electron chi connectivity index (χ3n) is 3.60. The fourth-order valence-electron chi connectivity index (χ4n) is 2.90. The molecule has 0 amide bonds. The van der Waals surface area contributed by atoms with Gasteiger partial charge < -0.3 is 0 Å². The summed E-state index contributed by atoms with van der Waals surface area (Å²) in [5.41, 5.74) is 1.49. The van der Waals surface area contributed by atoms with Crippen molar-refractivity contribution >= 4 is 11.6 Å². The quantitative estimate of drug-likeness (QED) is 0.650. The lowest BCUT2D eigenvalue weighted by Crippen LogP contribution is -2.05. The van der Waals surface area contributed by atoms with Crippen LogP contribution in [-0.2, 0) is 0 Å². The number of halogens is 1. The zero-order valence-electron chi connectivity index (χ0n) is 7.99. The van der Waals surface area contributed by atoms with Crippen molar-refractivity contribution in [3.63, 3.8) is 0 Å². The molecule has 2 aliphatic carbocycles. The van der Waals surface area contributed by atoms with Gasteiger partial charge >= 0.3 is 0 Å². The smallest absolute Gasteiger partial charge is 0.0175 e. The number of hydrogen-bond acceptors (Lipinski definition) is 0. The van der Waals surface area contributed by atoms with Gasteiger partial charge in [-0.25, -0.2) is 0 Å². The van der Waals surface area contributed by atoms with Crippen LogP contribution in [0.1, 0.15) is 24.3 Å². The second-order valence-electron chi connectivity index (χ2n) is 4.40. The minimum absolute atomic E-state index is 0.659. The van der Waals surface area contributed by atoms with Crippen molar-refractivity contribution in [2.75, 3.05) is 0 Å². The van der Waals surface area contributed by atoms with Gasteiger partial charge in [0.2, 0.25) is 0 Å². The Balaban J connectivity index is 1.91. The summed E-state index contributed by atoms with van der Waals surface area (Å²) in [5, 5.41) is 1.11. The maximum Gasteiger partial charge on any atom is 0.0175 e. The second-order valence-corrected chi connectivity index (χ2v) is 4.84. The molecular formula is C13H13Cl. The van der Waals surface area contributed by atoms with Gasteiger partial charge in [0.05, 0.1) is 0 Å². The van der Waals surface area contributed by atoms with Crippen molar-refractivity contribution in [2.45, 2.75) is 18.8 Å². The molecule has 1 fully saturated rings. The van der Waals surface area contributed by atoms with E-state index in [4.69, 9.17) is 11.6 Å². The molecule has 0 spiro atoms. The van der Waals surface area contributed by atoms with Crippen LogP contribution in [0.3, 0.4) is 0 Å². The molecule has 1 heteroatoms. The van der Waals surface area contributed by atoms with Gasteiger partial charge in [-0.05, 0) is 36.2 Å². The van der Waals surface area contributed by atoms with E-state index in [1.807, 2.05) is 0 Å². The summed E-state index contributed by atoms with van der Waals surface area (Å²) >= 11 is 6.12. The second kappa shape index (κ2) is 3.13. The van der Waals surface area contributed by atoms with Crippen molar-refractivity contribution in [1.29, 1.82) is 0 Å². The summed E-state index contributed by atoms with van der Waals surface area (Å²) in [6.45, 7) is 0. The van der Waals surface area contributed by atoms with E-state index >= 15 is 0 Å². The molecule has 0 saturated heterocycles. The first-order valence-corrected chi connectivity index (χ1v) is 5.64. The Morgan fingerprint density at radius 2 is 1.86 bits per heavy atom. The molecule has 0 nitrogen and oxygen atoms in total. The highest BCUT2D eigenvalue weighted by molar-refractivity contribution is 6.30. The zero-order valence-corrected chi connectivity index (χ0v) is 8.74. The van der Waals surface area contributed by atoms with Gasteiger partial charge in [0, 0.05) is 5.03 Å². The van der Waals surface area contributed by atoms with E-state index in [0.29, 0.717) is 11.8 Å². The molecule has 1 aromatic rings. The predicted molar refractivity (Wildman–Crippen MR) is 59.3 cm³/mol. The van der Waals surface area contributed by atoms with Gasteiger partial charge in [-0.1, -0.05) is 48.0 Å². The minimum Gasteiger partial charge on any atom is -0.0892 e. The Morgan fingerprint density at radius 1 is 1.07 bits per heavy atom. The summed E-state index contributed by atoms with van der Waals surface area (Å²) in [6.07, 6.45) is 4.80. The number of rotatable bonds is 1. The van der Waals surface area contributed by atoms with Crippen molar-refractivity contribution < 1.29 is 0 Å². The van der Waals surface area contributed by atoms with E-state index in [1.54, 1.807) is 0 Å². The van der Waals surface area contributed by atoms with Crippen molar-refractivity contribution in [3.05, 3.63) is 47.0 Å². The lowest BCUT2D eigenvalue weighted by molar-refractivity contribution is 0.583. The van der Waals surface area contributed by atoms with Crippen LogP contribution in [-0.4, -0.2) is 0 Å². The van der Waals surface area contributed by atoms with E-state index in [-0.39, 0.29) is 0 Å². The molecule has 3 atom stereocenters. The molecule has 1 saturated carbocycles. The van der Waals surface area contributed by atoms with Crippen LogP contribution in [0.4, 0.5) is 0 Å². The Kier molecular flexibility index (Phi) is 1.91. The molecular weight excluding hydrogens is 192 g/mol. The Bertz CT molecular complexity index is 366. The fraction of sp³-hybridized carbons (Fsp3) is 0.385. The lowest BCUT2D eigenvalue weighted by atomic mass is 9.87. The zero-order chi connectivity index (χ0) is 9.54. The van der Waals surface area contributed by atoms with Crippen LogP contribution in [0.2, 0.25) is 0 Å². The number of benzene rings is 1. The normalized spacial score (nSPS) is 34.6. The van der Waals surface area contributed by atoms with Crippen LogP contribution in [0.25, 0.3) is 0 Å². The molecule has 1 aromatic carbocycles. The highest BCUT2D eigenvalue weighted by atomic mass is 35.5. The molecule has 0 heterocycles.